The molecule has 36 heavy (non-hydrogen) atoms. The molecule has 1 aromatic heterocycles. The van der Waals surface area contributed by atoms with E-state index in [1.165, 1.54) is 28.6 Å². The lowest BCUT2D eigenvalue weighted by Gasteiger charge is -2.30. The average Bonchev–Trinajstić information content (AvgIpc) is 3.34. The highest BCUT2D eigenvalue weighted by Crippen LogP contribution is 2.23. The maximum absolute atomic E-state index is 13.1. The number of aromatic nitrogens is 2. The van der Waals surface area contributed by atoms with Crippen molar-refractivity contribution < 1.29 is 22.1 Å². The van der Waals surface area contributed by atoms with Gasteiger partial charge in [-0.25, -0.2) is 12.8 Å². The number of nitrogens with one attached hydrogen (secondary N) is 1. The van der Waals surface area contributed by atoms with Gasteiger partial charge in [0.2, 0.25) is 27.6 Å². The zero-order valence-electron chi connectivity index (χ0n) is 20.4. The minimum atomic E-state index is -3.53. The van der Waals surface area contributed by atoms with Crippen molar-refractivity contribution in [2.24, 2.45) is 5.92 Å². The number of piperidine rings is 1. The number of halogens is 1. The van der Waals surface area contributed by atoms with Crippen LogP contribution in [-0.2, 0) is 21.4 Å². The monoisotopic (exact) mass is 515 g/mol. The van der Waals surface area contributed by atoms with Crippen molar-refractivity contribution in [3.63, 3.8) is 0 Å². The van der Waals surface area contributed by atoms with Crippen LogP contribution in [0, 0.1) is 11.7 Å². The summed E-state index contributed by atoms with van der Waals surface area (Å²) >= 11 is 0. The summed E-state index contributed by atoms with van der Waals surface area (Å²) in [5.74, 6) is 0.338. The molecule has 1 amide bonds. The molecule has 0 atom stereocenters. The Morgan fingerprint density at radius 3 is 2.33 bits per heavy atom. The fraction of sp³-hybridized carbons (Fsp3) is 0.400. The molecule has 2 heterocycles. The maximum Gasteiger partial charge on any atom is 0.243 e. The van der Waals surface area contributed by atoms with Crippen molar-refractivity contribution in [1.82, 2.24) is 19.3 Å². The lowest BCUT2D eigenvalue weighted by atomic mass is 9.96. The molecule has 11 heteroatoms. The Bertz CT molecular complexity index is 1270. The molecule has 1 fully saturated rings. The van der Waals surface area contributed by atoms with Gasteiger partial charge < -0.3 is 9.84 Å². The van der Waals surface area contributed by atoms with Gasteiger partial charge in [0.15, 0.2) is 0 Å². The van der Waals surface area contributed by atoms with Crippen molar-refractivity contribution in [3.05, 3.63) is 60.2 Å². The van der Waals surface area contributed by atoms with E-state index in [-0.39, 0.29) is 22.5 Å². The zero-order chi connectivity index (χ0) is 25.7. The molecule has 0 radical (unpaired) electrons. The topological polar surface area (TPSA) is 109 Å². The first-order chi connectivity index (χ1) is 17.3. The number of benzene rings is 2. The van der Waals surface area contributed by atoms with Crippen LogP contribution < -0.4 is 5.32 Å². The van der Waals surface area contributed by atoms with Gasteiger partial charge >= 0.3 is 0 Å². The van der Waals surface area contributed by atoms with Crippen LogP contribution in [0.5, 0.6) is 0 Å². The van der Waals surface area contributed by atoms with Gasteiger partial charge in [-0.2, -0.15) is 9.29 Å². The first kappa shape index (κ1) is 25.9. The van der Waals surface area contributed by atoms with Crippen LogP contribution in [0.2, 0.25) is 0 Å². The molecule has 0 bridgehead atoms. The van der Waals surface area contributed by atoms with E-state index in [2.05, 4.69) is 20.4 Å². The second-order valence-corrected chi connectivity index (χ2v) is 10.6. The normalized spacial score (nSPS) is 15.3. The second-order valence-electron chi connectivity index (χ2n) is 8.67. The molecule has 0 saturated carbocycles. The highest BCUT2D eigenvalue weighted by atomic mass is 32.2. The van der Waals surface area contributed by atoms with E-state index >= 15 is 0 Å². The molecule has 4 rings (SSSR count). The van der Waals surface area contributed by atoms with Crippen LogP contribution in [0.1, 0.15) is 32.6 Å². The first-order valence-corrected chi connectivity index (χ1v) is 13.5. The van der Waals surface area contributed by atoms with Gasteiger partial charge in [0.25, 0.3) is 0 Å². The Morgan fingerprint density at radius 1 is 1.08 bits per heavy atom. The summed E-state index contributed by atoms with van der Waals surface area (Å²) in [4.78, 5) is 19.5. The molecule has 192 valence electrons. The molecule has 1 N–H and O–H groups in total. The van der Waals surface area contributed by atoms with Crippen molar-refractivity contribution >= 4 is 21.6 Å². The summed E-state index contributed by atoms with van der Waals surface area (Å²) in [5.41, 5.74) is 1.25. The van der Waals surface area contributed by atoms with Crippen LogP contribution >= 0.6 is 0 Å². The van der Waals surface area contributed by atoms with Gasteiger partial charge in [0.05, 0.1) is 11.4 Å². The number of sulfonamides is 1. The summed E-state index contributed by atoms with van der Waals surface area (Å²) < 4.78 is 45.1. The quantitative estimate of drug-likeness (QED) is 0.462. The number of amides is 1. The second kappa shape index (κ2) is 11.3. The van der Waals surface area contributed by atoms with Crippen LogP contribution in [0.3, 0.4) is 0 Å². The van der Waals surface area contributed by atoms with Crippen LogP contribution in [0.25, 0.3) is 11.4 Å². The molecule has 3 aromatic rings. The van der Waals surface area contributed by atoms with Crippen LogP contribution in [-0.4, -0.2) is 59.8 Å². The van der Waals surface area contributed by atoms with Gasteiger partial charge in [-0.05, 0) is 74.5 Å². The Hall–Kier alpha value is -3.15. The highest BCUT2D eigenvalue weighted by molar-refractivity contribution is 7.89. The third-order valence-electron chi connectivity index (χ3n) is 6.35. The predicted octanol–water partition coefficient (Wildman–Crippen LogP) is 3.76. The van der Waals surface area contributed by atoms with E-state index in [9.17, 15) is 17.6 Å². The van der Waals surface area contributed by atoms with Gasteiger partial charge in [-0.15, -0.1) is 0 Å². The molecular weight excluding hydrogens is 485 g/mol. The fourth-order valence-electron chi connectivity index (χ4n) is 4.25. The molecule has 0 unspecified atom stereocenters. The van der Waals surface area contributed by atoms with Gasteiger partial charge in [0.1, 0.15) is 5.82 Å². The summed E-state index contributed by atoms with van der Waals surface area (Å²) in [6.07, 6.45) is 1.36. The molecule has 1 aliphatic heterocycles. The highest BCUT2D eigenvalue weighted by Gasteiger charge is 2.27. The molecular formula is C25H30FN5O4S. The van der Waals surface area contributed by atoms with E-state index in [1.54, 1.807) is 38.1 Å². The Labute approximate surface area is 210 Å². The van der Waals surface area contributed by atoms with Gasteiger partial charge in [-0.3, -0.25) is 9.69 Å². The molecule has 1 aliphatic rings. The summed E-state index contributed by atoms with van der Waals surface area (Å²) in [5, 5.41) is 6.88. The minimum Gasteiger partial charge on any atom is -0.338 e. The number of hydrogen-bond acceptors (Lipinski definition) is 7. The number of carbonyl (C=O) groups is 1. The van der Waals surface area contributed by atoms with E-state index in [0.717, 1.165) is 0 Å². The minimum absolute atomic E-state index is 0.0783. The van der Waals surface area contributed by atoms with Crippen molar-refractivity contribution in [2.75, 3.05) is 31.5 Å². The lowest BCUT2D eigenvalue weighted by Crippen LogP contribution is -2.37. The van der Waals surface area contributed by atoms with E-state index in [4.69, 9.17) is 4.52 Å². The van der Waals surface area contributed by atoms with Crippen molar-refractivity contribution in [3.8, 4) is 11.4 Å². The zero-order valence-corrected chi connectivity index (χ0v) is 21.2. The van der Waals surface area contributed by atoms with Crippen molar-refractivity contribution in [2.45, 2.75) is 38.1 Å². The van der Waals surface area contributed by atoms with E-state index < -0.39 is 10.0 Å². The SMILES string of the molecule is CCN(CC)S(=O)(=O)c1ccc(NC(=O)C2CCN(Cc3nc(-c4ccc(F)cc4)no3)CC2)cc1. The molecule has 2 aromatic carbocycles. The molecule has 1 saturated heterocycles. The third-order valence-corrected chi connectivity index (χ3v) is 8.42. The summed E-state index contributed by atoms with van der Waals surface area (Å²) in [6, 6.07) is 12.2. The van der Waals surface area contributed by atoms with E-state index in [1.807, 2.05) is 0 Å². The van der Waals surface area contributed by atoms with Crippen LogP contribution in [0.15, 0.2) is 57.9 Å². The Balaban J connectivity index is 1.27. The Kier molecular flexibility index (Phi) is 8.12. The number of carbonyl (C=O) groups excluding carboxylic acids is 1. The summed E-state index contributed by atoms with van der Waals surface area (Å²) in [7, 11) is -3.53. The molecule has 0 spiro atoms. The van der Waals surface area contributed by atoms with E-state index in [0.29, 0.717) is 68.5 Å². The van der Waals surface area contributed by atoms with Crippen molar-refractivity contribution in [1.29, 1.82) is 0 Å². The van der Waals surface area contributed by atoms with Crippen LogP contribution in [0.4, 0.5) is 10.1 Å². The lowest BCUT2D eigenvalue weighted by molar-refractivity contribution is -0.121. The van der Waals surface area contributed by atoms with Gasteiger partial charge in [0, 0.05) is 30.3 Å². The fourth-order valence-corrected chi connectivity index (χ4v) is 5.71. The van der Waals surface area contributed by atoms with Gasteiger partial charge in [-0.1, -0.05) is 19.0 Å². The number of likely N-dealkylation sites (tertiary alicyclic amines) is 1. The number of nitrogens with zero attached hydrogens (tertiary/aromatic N) is 4. The number of hydrogen-bond donors (Lipinski definition) is 1. The number of rotatable bonds is 9. The predicted molar refractivity (Wildman–Crippen MR) is 133 cm³/mol. The average molecular weight is 516 g/mol. The first-order valence-electron chi connectivity index (χ1n) is 12.0. The smallest absolute Gasteiger partial charge is 0.243 e. The molecule has 0 aliphatic carbocycles. The largest absolute Gasteiger partial charge is 0.338 e. The third kappa shape index (κ3) is 5.97. The Morgan fingerprint density at radius 2 is 1.72 bits per heavy atom. The standard InChI is InChI=1S/C25H30FN5O4S/c1-3-31(4-2)36(33,34)22-11-9-21(10-12-22)27-25(32)19-13-15-30(16-14-19)17-23-28-24(29-35-23)18-5-7-20(26)8-6-18/h5-12,19H,3-4,13-17H2,1-2H3,(H,27,32). The summed E-state index contributed by atoms with van der Waals surface area (Å²) in [6.45, 7) is 6.28. The number of anilines is 1. The molecule has 9 nitrogen and oxygen atoms in total. The maximum atomic E-state index is 13.1.